The summed E-state index contributed by atoms with van der Waals surface area (Å²) in [4.78, 5) is 31.0. The average molecular weight is 610 g/mol. The van der Waals surface area contributed by atoms with E-state index in [1.54, 1.807) is 6.20 Å². The molecule has 232 valence electrons. The van der Waals surface area contributed by atoms with Crippen molar-refractivity contribution in [3.8, 4) is 0 Å². The highest BCUT2D eigenvalue weighted by atomic mass is 16.6. The second kappa shape index (κ2) is 13.8. The van der Waals surface area contributed by atoms with Crippen molar-refractivity contribution >= 4 is 28.8 Å². The third-order valence-electron chi connectivity index (χ3n) is 7.76. The molecule has 0 aliphatic carbocycles. The van der Waals surface area contributed by atoms with E-state index in [0.717, 1.165) is 16.8 Å². The third kappa shape index (κ3) is 6.63. The van der Waals surface area contributed by atoms with Crippen LogP contribution in [0.2, 0.25) is 0 Å². The number of benzene rings is 2. The van der Waals surface area contributed by atoms with Crippen LogP contribution >= 0.6 is 0 Å². The smallest absolute Gasteiger partial charge is 0.252 e. The van der Waals surface area contributed by atoms with Crippen LogP contribution in [0.4, 0.5) is 11.8 Å². The van der Waals surface area contributed by atoms with Gasteiger partial charge in [0.1, 0.15) is 12.2 Å². The molecule has 45 heavy (non-hydrogen) atoms. The van der Waals surface area contributed by atoms with Crippen LogP contribution in [0.1, 0.15) is 37.2 Å². The van der Waals surface area contributed by atoms with Crippen LogP contribution in [0.15, 0.2) is 91.4 Å². The average Bonchev–Trinajstić information content (AvgIpc) is 3.65. The lowest BCUT2D eigenvalue weighted by Gasteiger charge is -2.20. The van der Waals surface area contributed by atoms with Crippen molar-refractivity contribution in [1.29, 1.82) is 0 Å². The van der Waals surface area contributed by atoms with Crippen LogP contribution < -0.4 is 16.0 Å². The lowest BCUT2D eigenvalue weighted by Crippen LogP contribution is -2.42. The zero-order valence-electron chi connectivity index (χ0n) is 25.5. The first-order chi connectivity index (χ1) is 22.5. The molecule has 1 aliphatic rings. The lowest BCUT2D eigenvalue weighted by atomic mass is 9.91. The normalized spacial score (nSPS) is 19.8. The molecule has 3 aromatic heterocycles. The number of aromatic nitrogens is 5. The van der Waals surface area contributed by atoms with Crippen molar-refractivity contribution in [2.75, 3.05) is 30.3 Å². The monoisotopic (exact) mass is 609 g/mol. The number of anilines is 2. The Balaban J connectivity index is 1.31. The predicted molar refractivity (Wildman–Crippen MR) is 170 cm³/mol. The van der Waals surface area contributed by atoms with Crippen molar-refractivity contribution in [2.24, 2.45) is 0 Å². The van der Waals surface area contributed by atoms with Gasteiger partial charge in [-0.15, -0.1) is 0 Å². The molecule has 12 heteroatoms. The summed E-state index contributed by atoms with van der Waals surface area (Å²) in [5.41, 5.74) is 3.97. The molecule has 1 saturated heterocycles. The SMILES string of the molecule is [2H]CCNC(=O)[C@H]1OC(n2cnc3c(NCC(c4ccccc4)c4ccccc4)nc(NCCc4ccccn4)nc32)[C@H](O)[C@@H]1O. The van der Waals surface area contributed by atoms with Crippen molar-refractivity contribution in [3.05, 3.63) is 108 Å². The summed E-state index contributed by atoms with van der Waals surface area (Å²) in [6.07, 6.45) is -1.54. The Morgan fingerprint density at radius 3 is 2.38 bits per heavy atom. The van der Waals surface area contributed by atoms with E-state index in [1.807, 2.05) is 54.6 Å². The van der Waals surface area contributed by atoms with E-state index in [2.05, 4.69) is 50.2 Å². The first-order valence-corrected chi connectivity index (χ1v) is 14.8. The Hall–Kier alpha value is -4.91. The van der Waals surface area contributed by atoms with E-state index in [0.29, 0.717) is 42.4 Å². The molecule has 2 aromatic carbocycles. The van der Waals surface area contributed by atoms with E-state index < -0.39 is 30.4 Å². The lowest BCUT2D eigenvalue weighted by molar-refractivity contribution is -0.137. The molecule has 5 N–H and O–H groups in total. The summed E-state index contributed by atoms with van der Waals surface area (Å²) in [7, 11) is 0. The summed E-state index contributed by atoms with van der Waals surface area (Å²) in [5, 5.41) is 30.9. The van der Waals surface area contributed by atoms with Crippen LogP contribution in [0.25, 0.3) is 11.2 Å². The van der Waals surface area contributed by atoms with Gasteiger partial charge in [-0.3, -0.25) is 14.3 Å². The zero-order valence-corrected chi connectivity index (χ0v) is 24.5. The van der Waals surface area contributed by atoms with Gasteiger partial charge in [-0.1, -0.05) is 66.7 Å². The zero-order chi connectivity index (χ0) is 31.9. The molecule has 1 amide bonds. The number of imidazole rings is 1. The summed E-state index contributed by atoms with van der Waals surface area (Å²) < 4.78 is 14.7. The molecule has 0 bridgehead atoms. The van der Waals surface area contributed by atoms with E-state index in [-0.39, 0.29) is 19.4 Å². The minimum Gasteiger partial charge on any atom is -0.387 e. The Morgan fingerprint density at radius 2 is 1.69 bits per heavy atom. The number of aliphatic hydroxyl groups excluding tert-OH is 2. The van der Waals surface area contributed by atoms with Gasteiger partial charge in [-0.25, -0.2) is 4.98 Å². The van der Waals surface area contributed by atoms with E-state index >= 15 is 0 Å². The molecule has 5 aromatic rings. The number of fused-ring (bicyclic) bond motifs is 1. The number of likely N-dealkylation sites (N-methyl/N-ethyl adjacent to an activating group) is 1. The first kappa shape index (κ1) is 28.8. The molecule has 0 spiro atoms. The summed E-state index contributed by atoms with van der Waals surface area (Å²) >= 11 is 0. The molecule has 6 rings (SSSR count). The second-order valence-corrected chi connectivity index (χ2v) is 10.7. The molecule has 4 atom stereocenters. The van der Waals surface area contributed by atoms with Gasteiger partial charge in [0.15, 0.2) is 29.3 Å². The van der Waals surface area contributed by atoms with E-state index in [4.69, 9.17) is 16.1 Å². The second-order valence-electron chi connectivity index (χ2n) is 10.7. The van der Waals surface area contributed by atoms with Crippen molar-refractivity contribution in [3.63, 3.8) is 0 Å². The molecule has 0 saturated carbocycles. The topological polar surface area (TPSA) is 159 Å². The highest BCUT2D eigenvalue weighted by molar-refractivity contribution is 5.85. The van der Waals surface area contributed by atoms with Crippen LogP contribution in [-0.2, 0) is 16.0 Å². The quantitative estimate of drug-likeness (QED) is 0.142. The number of nitrogens with zero attached hydrogens (tertiary/aromatic N) is 5. The Bertz CT molecular complexity index is 1690. The number of ether oxygens (including phenoxy) is 1. The molecule has 4 heterocycles. The summed E-state index contributed by atoms with van der Waals surface area (Å²) in [6, 6.07) is 26.2. The number of amides is 1. The minimum atomic E-state index is -1.49. The number of carbonyl (C=O) groups excluding carboxylic acids is 1. The van der Waals surface area contributed by atoms with E-state index in [9.17, 15) is 15.0 Å². The Morgan fingerprint density at radius 1 is 0.956 bits per heavy atom. The highest BCUT2D eigenvalue weighted by Crippen LogP contribution is 2.34. The number of hydrogen-bond acceptors (Lipinski definition) is 10. The predicted octanol–water partition coefficient (Wildman–Crippen LogP) is 2.88. The van der Waals surface area contributed by atoms with Crippen molar-refractivity contribution in [2.45, 2.75) is 43.8 Å². The van der Waals surface area contributed by atoms with Gasteiger partial charge in [0, 0.05) is 45.2 Å². The van der Waals surface area contributed by atoms with Gasteiger partial charge < -0.3 is 30.9 Å². The van der Waals surface area contributed by atoms with Crippen LogP contribution in [0.5, 0.6) is 0 Å². The van der Waals surface area contributed by atoms with E-state index in [1.165, 1.54) is 10.9 Å². The number of hydrogen-bond donors (Lipinski definition) is 5. The molecule has 1 unspecified atom stereocenters. The van der Waals surface area contributed by atoms with Crippen molar-refractivity contribution in [1.82, 2.24) is 29.8 Å². The van der Waals surface area contributed by atoms with Gasteiger partial charge in [-0.2, -0.15) is 9.97 Å². The number of nitrogens with one attached hydrogen (secondary N) is 3. The first-order valence-electron chi connectivity index (χ1n) is 15.5. The molecule has 1 aliphatic heterocycles. The van der Waals surface area contributed by atoms with Gasteiger partial charge in [0.2, 0.25) is 5.95 Å². The maximum Gasteiger partial charge on any atom is 0.252 e. The number of rotatable bonds is 12. The van der Waals surface area contributed by atoms with Gasteiger partial charge >= 0.3 is 0 Å². The molecule has 12 nitrogen and oxygen atoms in total. The number of carbonyl (C=O) groups is 1. The fourth-order valence-corrected chi connectivity index (χ4v) is 5.48. The fourth-order valence-electron chi connectivity index (χ4n) is 5.48. The Kier molecular flexibility index (Phi) is 8.85. The summed E-state index contributed by atoms with van der Waals surface area (Å²) in [5.74, 6) is 0.195. The standard InChI is InChI=1S/C33H36N8O4/c1-2-34-31(44)28-26(42)27(43)32(45-28)41-20-38-25-29(39-33(40-30(25)41)36-18-16-23-15-9-10-17-35-23)37-19-24(21-11-5-3-6-12-21)22-13-7-4-8-14-22/h3-15,17,20,24,26-28,32,42-43H,2,16,18-19H2,1H3,(H,34,44)(H2,36,37,39,40)/t26-,27+,28-,32?/m0/s1/i1D. The molecular formula is C33H36N8O4. The Labute approximate surface area is 262 Å². The van der Waals surface area contributed by atoms with Crippen LogP contribution in [-0.4, -0.2) is 78.6 Å². The third-order valence-corrected chi connectivity index (χ3v) is 7.76. The van der Waals surface area contributed by atoms with Crippen LogP contribution in [0, 0.1) is 0 Å². The largest absolute Gasteiger partial charge is 0.387 e. The minimum absolute atomic E-state index is 0.00758. The fraction of sp³-hybridized carbons (Fsp3) is 0.303. The number of aliphatic hydroxyl groups is 2. The maximum absolute atomic E-state index is 12.6. The van der Waals surface area contributed by atoms with Crippen LogP contribution in [0.3, 0.4) is 0 Å². The maximum atomic E-state index is 12.6. The molecule has 1 fully saturated rings. The van der Waals surface area contributed by atoms with Gasteiger partial charge in [0.25, 0.3) is 5.91 Å². The molecular weight excluding hydrogens is 572 g/mol. The van der Waals surface area contributed by atoms with Crippen molar-refractivity contribution < 1.29 is 21.1 Å². The summed E-state index contributed by atoms with van der Waals surface area (Å²) in [6.45, 7) is 1.08. The van der Waals surface area contributed by atoms with Gasteiger partial charge in [-0.05, 0) is 30.2 Å². The number of pyridine rings is 1. The molecule has 0 radical (unpaired) electrons. The highest BCUT2D eigenvalue weighted by Gasteiger charge is 2.47. The van der Waals surface area contributed by atoms with Gasteiger partial charge in [0.05, 0.1) is 6.33 Å².